The fourth-order valence-corrected chi connectivity index (χ4v) is 2.73. The van der Waals surface area contributed by atoms with Crippen LogP contribution in [0.4, 0.5) is 0 Å². The van der Waals surface area contributed by atoms with Crippen molar-refractivity contribution in [2.75, 3.05) is 26.7 Å². The molecule has 3 atom stereocenters. The van der Waals surface area contributed by atoms with Crippen LogP contribution in [0.2, 0.25) is 0 Å². The molecule has 1 aliphatic heterocycles. The Morgan fingerprint density at radius 3 is 2.76 bits per heavy atom. The maximum absolute atomic E-state index is 5.61. The standard InChI is InChI=1S/C14H30N2O/c1-5-15-12(2)8-6-7-10-16(4)14-9-11-17-13(14)3/h12-15H,5-11H2,1-4H3. The van der Waals surface area contributed by atoms with Crippen LogP contribution in [0.15, 0.2) is 0 Å². The molecule has 1 aliphatic rings. The van der Waals surface area contributed by atoms with Crippen LogP contribution in [0.5, 0.6) is 0 Å². The summed E-state index contributed by atoms with van der Waals surface area (Å²) in [4.78, 5) is 2.48. The first kappa shape index (κ1) is 14.9. The second kappa shape index (κ2) is 8.06. The molecule has 0 aromatic heterocycles. The quantitative estimate of drug-likeness (QED) is 0.661. The number of unbranched alkanes of at least 4 members (excludes halogenated alkanes) is 1. The van der Waals surface area contributed by atoms with E-state index < -0.39 is 0 Å². The number of rotatable bonds is 8. The molecule has 0 radical (unpaired) electrons. The van der Waals surface area contributed by atoms with E-state index in [9.17, 15) is 0 Å². The maximum atomic E-state index is 5.61. The van der Waals surface area contributed by atoms with Gasteiger partial charge in [-0.15, -0.1) is 0 Å². The zero-order chi connectivity index (χ0) is 12.7. The van der Waals surface area contributed by atoms with Gasteiger partial charge in [0.15, 0.2) is 0 Å². The van der Waals surface area contributed by atoms with Gasteiger partial charge in [0.05, 0.1) is 6.10 Å². The molecule has 0 saturated carbocycles. The van der Waals surface area contributed by atoms with Crippen molar-refractivity contribution in [2.45, 2.75) is 64.6 Å². The molecule has 0 aromatic carbocycles. The van der Waals surface area contributed by atoms with E-state index in [0.29, 0.717) is 18.2 Å². The monoisotopic (exact) mass is 242 g/mol. The van der Waals surface area contributed by atoms with Crippen molar-refractivity contribution in [3.05, 3.63) is 0 Å². The highest BCUT2D eigenvalue weighted by atomic mass is 16.5. The predicted molar refractivity (Wildman–Crippen MR) is 73.4 cm³/mol. The molecule has 0 aliphatic carbocycles. The molecular formula is C14H30N2O. The summed E-state index contributed by atoms with van der Waals surface area (Å²) in [6, 6.07) is 1.31. The Morgan fingerprint density at radius 2 is 2.18 bits per heavy atom. The summed E-state index contributed by atoms with van der Waals surface area (Å²) in [7, 11) is 2.24. The summed E-state index contributed by atoms with van der Waals surface area (Å²) in [6.07, 6.45) is 5.53. The number of likely N-dealkylation sites (N-methyl/N-ethyl adjacent to an activating group) is 1. The van der Waals surface area contributed by atoms with Gasteiger partial charge >= 0.3 is 0 Å². The van der Waals surface area contributed by atoms with Gasteiger partial charge in [-0.05, 0) is 53.2 Å². The summed E-state index contributed by atoms with van der Waals surface area (Å²) < 4.78 is 5.61. The van der Waals surface area contributed by atoms with Gasteiger partial charge in [-0.2, -0.15) is 0 Å². The lowest BCUT2D eigenvalue weighted by atomic mass is 10.1. The zero-order valence-corrected chi connectivity index (χ0v) is 12.0. The summed E-state index contributed by atoms with van der Waals surface area (Å²) in [5.74, 6) is 0. The summed E-state index contributed by atoms with van der Waals surface area (Å²) in [5.41, 5.74) is 0. The topological polar surface area (TPSA) is 24.5 Å². The lowest BCUT2D eigenvalue weighted by Crippen LogP contribution is -2.37. The maximum Gasteiger partial charge on any atom is 0.0702 e. The Kier molecular flexibility index (Phi) is 7.09. The fourth-order valence-electron chi connectivity index (χ4n) is 2.73. The third kappa shape index (κ3) is 5.36. The molecule has 17 heavy (non-hydrogen) atoms. The van der Waals surface area contributed by atoms with E-state index in [2.05, 4.69) is 38.0 Å². The largest absolute Gasteiger partial charge is 0.377 e. The minimum absolute atomic E-state index is 0.417. The molecule has 3 heteroatoms. The van der Waals surface area contributed by atoms with Gasteiger partial charge in [-0.25, -0.2) is 0 Å². The van der Waals surface area contributed by atoms with Crippen molar-refractivity contribution >= 4 is 0 Å². The van der Waals surface area contributed by atoms with Gasteiger partial charge in [0, 0.05) is 18.7 Å². The van der Waals surface area contributed by atoms with Crippen LogP contribution in [0.25, 0.3) is 0 Å². The second-order valence-electron chi connectivity index (χ2n) is 5.37. The average Bonchev–Trinajstić information content (AvgIpc) is 2.71. The molecule has 102 valence electrons. The van der Waals surface area contributed by atoms with Crippen LogP contribution in [-0.4, -0.2) is 49.8 Å². The van der Waals surface area contributed by atoms with Gasteiger partial charge in [0.25, 0.3) is 0 Å². The van der Waals surface area contributed by atoms with Gasteiger partial charge in [-0.3, -0.25) is 0 Å². The molecule has 0 bridgehead atoms. The number of ether oxygens (including phenoxy) is 1. The van der Waals surface area contributed by atoms with Crippen LogP contribution in [0.3, 0.4) is 0 Å². The molecule has 1 heterocycles. The lowest BCUT2D eigenvalue weighted by Gasteiger charge is -2.26. The molecule has 1 fully saturated rings. The third-order valence-corrected chi connectivity index (χ3v) is 3.85. The van der Waals surface area contributed by atoms with Crippen LogP contribution in [-0.2, 0) is 4.74 Å². The summed E-state index contributed by atoms with van der Waals surface area (Å²) in [5, 5.41) is 3.46. The Bertz CT molecular complexity index is 199. The Balaban J connectivity index is 2.05. The van der Waals surface area contributed by atoms with Crippen LogP contribution >= 0.6 is 0 Å². The molecule has 1 saturated heterocycles. The van der Waals surface area contributed by atoms with Gasteiger partial charge in [-0.1, -0.05) is 13.3 Å². The number of hydrogen-bond acceptors (Lipinski definition) is 3. The molecular weight excluding hydrogens is 212 g/mol. The summed E-state index contributed by atoms with van der Waals surface area (Å²) in [6.45, 7) is 9.87. The van der Waals surface area contributed by atoms with Gasteiger partial charge in [0.1, 0.15) is 0 Å². The normalized spacial score (nSPS) is 26.6. The number of nitrogens with one attached hydrogen (secondary N) is 1. The molecule has 0 amide bonds. The molecule has 3 nitrogen and oxygen atoms in total. The zero-order valence-electron chi connectivity index (χ0n) is 12.0. The Hall–Kier alpha value is -0.120. The van der Waals surface area contributed by atoms with E-state index in [4.69, 9.17) is 4.74 Å². The summed E-state index contributed by atoms with van der Waals surface area (Å²) >= 11 is 0. The molecule has 0 spiro atoms. The first-order chi connectivity index (χ1) is 8.15. The van der Waals surface area contributed by atoms with Crippen molar-refractivity contribution in [3.8, 4) is 0 Å². The van der Waals surface area contributed by atoms with Crippen molar-refractivity contribution in [1.29, 1.82) is 0 Å². The molecule has 3 unspecified atom stereocenters. The smallest absolute Gasteiger partial charge is 0.0702 e. The average molecular weight is 242 g/mol. The first-order valence-electron chi connectivity index (χ1n) is 7.20. The highest BCUT2D eigenvalue weighted by Crippen LogP contribution is 2.18. The first-order valence-corrected chi connectivity index (χ1v) is 7.20. The fraction of sp³-hybridized carbons (Fsp3) is 1.00. The SMILES string of the molecule is CCNC(C)CCCCN(C)C1CCOC1C. The number of hydrogen-bond donors (Lipinski definition) is 1. The Labute approximate surface area is 107 Å². The van der Waals surface area contributed by atoms with Crippen LogP contribution in [0, 0.1) is 0 Å². The Morgan fingerprint density at radius 1 is 1.41 bits per heavy atom. The van der Waals surface area contributed by atoms with Crippen LogP contribution in [0.1, 0.15) is 46.5 Å². The van der Waals surface area contributed by atoms with E-state index in [1.54, 1.807) is 0 Å². The van der Waals surface area contributed by atoms with Crippen molar-refractivity contribution in [3.63, 3.8) is 0 Å². The molecule has 1 rings (SSSR count). The highest BCUT2D eigenvalue weighted by molar-refractivity contribution is 4.80. The van der Waals surface area contributed by atoms with E-state index in [1.807, 2.05) is 0 Å². The highest BCUT2D eigenvalue weighted by Gasteiger charge is 2.27. The van der Waals surface area contributed by atoms with E-state index >= 15 is 0 Å². The number of nitrogens with zero attached hydrogens (tertiary/aromatic N) is 1. The van der Waals surface area contributed by atoms with Crippen molar-refractivity contribution < 1.29 is 4.74 Å². The predicted octanol–water partition coefficient (Wildman–Crippen LogP) is 2.26. The van der Waals surface area contributed by atoms with E-state index in [-0.39, 0.29) is 0 Å². The van der Waals surface area contributed by atoms with Crippen molar-refractivity contribution in [2.24, 2.45) is 0 Å². The lowest BCUT2D eigenvalue weighted by molar-refractivity contribution is 0.0831. The molecule has 1 N–H and O–H groups in total. The molecule has 0 aromatic rings. The minimum Gasteiger partial charge on any atom is -0.377 e. The second-order valence-corrected chi connectivity index (χ2v) is 5.37. The van der Waals surface area contributed by atoms with Crippen LogP contribution < -0.4 is 5.32 Å². The van der Waals surface area contributed by atoms with E-state index in [1.165, 1.54) is 32.2 Å². The minimum atomic E-state index is 0.417. The van der Waals surface area contributed by atoms with E-state index in [0.717, 1.165) is 13.2 Å². The van der Waals surface area contributed by atoms with Gasteiger partial charge in [0.2, 0.25) is 0 Å². The van der Waals surface area contributed by atoms with Crippen molar-refractivity contribution in [1.82, 2.24) is 10.2 Å². The van der Waals surface area contributed by atoms with Gasteiger partial charge < -0.3 is 15.0 Å². The third-order valence-electron chi connectivity index (χ3n) is 3.85.